The highest BCUT2D eigenvalue weighted by atomic mass is 32.2. The fourth-order valence-electron chi connectivity index (χ4n) is 2.64. The van der Waals surface area contributed by atoms with Crippen LogP contribution in [0.1, 0.15) is 34.7 Å². The van der Waals surface area contributed by atoms with Crippen molar-refractivity contribution in [3.63, 3.8) is 0 Å². The molecule has 9 heteroatoms. The molecule has 0 spiro atoms. The molecule has 1 amide bonds. The number of benzene rings is 1. The first-order valence-corrected chi connectivity index (χ1v) is 9.78. The molecule has 8 nitrogen and oxygen atoms in total. The van der Waals surface area contributed by atoms with E-state index in [9.17, 15) is 19.5 Å². The molecule has 0 saturated carbocycles. The number of carboxylic acid groups (broad SMARTS) is 1. The number of aliphatic carboxylic acids is 1. The van der Waals surface area contributed by atoms with Crippen molar-refractivity contribution in [1.82, 2.24) is 5.32 Å². The average Bonchev–Trinajstić information content (AvgIpc) is 3.23. The van der Waals surface area contributed by atoms with E-state index in [1.807, 2.05) is 0 Å². The average molecular weight is 420 g/mol. The topological polar surface area (TPSA) is 118 Å². The van der Waals surface area contributed by atoms with Crippen LogP contribution in [0.15, 0.2) is 41.0 Å². The molecule has 2 atom stereocenters. The molecular weight excluding hydrogens is 398 g/mol. The first-order valence-electron chi connectivity index (χ1n) is 8.73. The first-order chi connectivity index (χ1) is 13.8. The number of amides is 1. The lowest BCUT2D eigenvalue weighted by atomic mass is 10.0. The number of carbonyl (C=O) groups excluding carboxylic acids is 3. The molecule has 156 valence electrons. The van der Waals surface area contributed by atoms with Crippen LogP contribution >= 0.6 is 11.8 Å². The van der Waals surface area contributed by atoms with Gasteiger partial charge in [-0.1, -0.05) is 0 Å². The Morgan fingerprint density at radius 3 is 2.45 bits per heavy atom. The monoisotopic (exact) mass is 420 g/mol. The highest BCUT2D eigenvalue weighted by Gasteiger charge is 2.23. The van der Waals surface area contributed by atoms with Crippen molar-refractivity contribution < 1.29 is 33.4 Å². The molecule has 2 aromatic rings. The number of furan rings is 1. The van der Waals surface area contributed by atoms with E-state index in [1.165, 1.54) is 39.2 Å². The fourth-order valence-corrected chi connectivity index (χ4v) is 3.85. The Hall–Kier alpha value is -2.94. The van der Waals surface area contributed by atoms with Gasteiger partial charge in [0.15, 0.2) is 17.3 Å². The number of Topliss-reactive ketones (excluding diaryl/α,β-unsaturated/α-hetero) is 1. The van der Waals surface area contributed by atoms with E-state index in [2.05, 4.69) is 5.32 Å². The fraction of sp³-hybridized carbons (Fsp3) is 0.350. The summed E-state index contributed by atoms with van der Waals surface area (Å²) in [6.07, 6.45) is 1.54. The van der Waals surface area contributed by atoms with Crippen LogP contribution in [-0.4, -0.2) is 43.7 Å². The largest absolute Gasteiger partial charge is 0.548 e. The maximum absolute atomic E-state index is 12.8. The first kappa shape index (κ1) is 22.4. The Balaban J connectivity index is 2.16. The van der Waals surface area contributed by atoms with Crippen molar-refractivity contribution in [3.05, 3.63) is 47.9 Å². The Labute approximate surface area is 172 Å². The van der Waals surface area contributed by atoms with Gasteiger partial charge in [-0.05, 0) is 30.3 Å². The minimum absolute atomic E-state index is 0.0203. The number of carbonyl (C=O) groups is 3. The van der Waals surface area contributed by atoms with E-state index in [-0.39, 0.29) is 18.0 Å². The molecule has 2 rings (SSSR count). The maximum Gasteiger partial charge on any atom is 0.217 e. The second kappa shape index (κ2) is 10.6. The van der Waals surface area contributed by atoms with Gasteiger partial charge in [-0.3, -0.25) is 9.59 Å². The number of ether oxygens (including phenoxy) is 2. The molecule has 0 unspecified atom stereocenters. The number of thioether (sulfide) groups is 1. The zero-order valence-corrected chi connectivity index (χ0v) is 17.1. The summed E-state index contributed by atoms with van der Waals surface area (Å²) in [5.41, 5.74) is 0.429. The maximum atomic E-state index is 12.8. The van der Waals surface area contributed by atoms with Crippen LogP contribution < -0.4 is 19.9 Å². The Morgan fingerprint density at radius 2 is 1.90 bits per heavy atom. The molecule has 0 fully saturated rings. The highest BCUT2D eigenvalue weighted by molar-refractivity contribution is 7.99. The van der Waals surface area contributed by atoms with Crippen molar-refractivity contribution >= 4 is 29.4 Å². The minimum atomic E-state index is -1.39. The van der Waals surface area contributed by atoms with Gasteiger partial charge in [-0.15, -0.1) is 11.8 Å². The zero-order chi connectivity index (χ0) is 21.4. The lowest BCUT2D eigenvalue weighted by Crippen LogP contribution is -2.48. The molecule has 1 heterocycles. The number of methoxy groups -OCH3 is 2. The van der Waals surface area contributed by atoms with Crippen LogP contribution in [0.4, 0.5) is 0 Å². The van der Waals surface area contributed by atoms with Crippen molar-refractivity contribution in [3.8, 4) is 11.5 Å². The van der Waals surface area contributed by atoms with Crippen molar-refractivity contribution in [2.75, 3.05) is 20.0 Å². The summed E-state index contributed by atoms with van der Waals surface area (Å²) in [4.78, 5) is 35.3. The third kappa shape index (κ3) is 6.28. The van der Waals surface area contributed by atoms with E-state index in [4.69, 9.17) is 13.9 Å². The van der Waals surface area contributed by atoms with Gasteiger partial charge in [0, 0.05) is 24.7 Å². The van der Waals surface area contributed by atoms with E-state index in [0.717, 1.165) is 0 Å². The molecular formula is C20H22NO7S-. The molecule has 1 aromatic carbocycles. The predicted molar refractivity (Wildman–Crippen MR) is 105 cm³/mol. The van der Waals surface area contributed by atoms with Gasteiger partial charge in [-0.2, -0.15) is 0 Å². The third-order valence-electron chi connectivity index (χ3n) is 4.06. The highest BCUT2D eigenvalue weighted by Crippen LogP contribution is 2.35. The summed E-state index contributed by atoms with van der Waals surface area (Å²) in [6, 6.07) is 7.09. The van der Waals surface area contributed by atoms with Crippen LogP contribution in [0.5, 0.6) is 11.5 Å². The van der Waals surface area contributed by atoms with E-state index >= 15 is 0 Å². The lowest BCUT2D eigenvalue weighted by molar-refractivity contribution is -0.307. The molecule has 1 aromatic heterocycles. The molecule has 29 heavy (non-hydrogen) atoms. The minimum Gasteiger partial charge on any atom is -0.548 e. The van der Waals surface area contributed by atoms with Crippen molar-refractivity contribution in [2.24, 2.45) is 0 Å². The summed E-state index contributed by atoms with van der Waals surface area (Å²) >= 11 is 1.19. The predicted octanol–water partition coefficient (Wildman–Crippen LogP) is 1.60. The Kier molecular flexibility index (Phi) is 8.14. The van der Waals surface area contributed by atoms with Crippen LogP contribution in [0.2, 0.25) is 0 Å². The van der Waals surface area contributed by atoms with Gasteiger partial charge in [0.25, 0.3) is 0 Å². The van der Waals surface area contributed by atoms with Gasteiger partial charge in [-0.25, -0.2) is 0 Å². The SMILES string of the molecule is COc1ccc(C(=O)C[C@@H](SC[C@H](NC(C)=O)C(=O)[O-])c2ccco2)cc1OC. The van der Waals surface area contributed by atoms with E-state index in [1.54, 1.807) is 30.3 Å². The van der Waals surface area contributed by atoms with Crippen LogP contribution in [0.25, 0.3) is 0 Å². The number of rotatable bonds is 11. The molecule has 0 aliphatic carbocycles. The third-order valence-corrected chi connectivity index (χ3v) is 5.39. The van der Waals surface area contributed by atoms with E-state index < -0.39 is 23.2 Å². The number of carboxylic acids is 1. The molecule has 0 saturated heterocycles. The second-order valence-electron chi connectivity index (χ2n) is 6.11. The van der Waals surface area contributed by atoms with Crippen LogP contribution in [-0.2, 0) is 9.59 Å². The van der Waals surface area contributed by atoms with Gasteiger partial charge in [0.2, 0.25) is 5.91 Å². The van der Waals surface area contributed by atoms with E-state index in [0.29, 0.717) is 22.8 Å². The van der Waals surface area contributed by atoms with Crippen LogP contribution in [0.3, 0.4) is 0 Å². The zero-order valence-electron chi connectivity index (χ0n) is 16.3. The summed E-state index contributed by atoms with van der Waals surface area (Å²) < 4.78 is 15.8. The molecule has 0 bridgehead atoms. The van der Waals surface area contributed by atoms with Crippen molar-refractivity contribution in [1.29, 1.82) is 0 Å². The number of ketones is 1. The lowest BCUT2D eigenvalue weighted by Gasteiger charge is -2.21. The Morgan fingerprint density at radius 1 is 1.17 bits per heavy atom. The number of hydrogen-bond donors (Lipinski definition) is 1. The molecule has 0 radical (unpaired) electrons. The quantitative estimate of drug-likeness (QED) is 0.545. The summed E-state index contributed by atoms with van der Waals surface area (Å²) in [6.45, 7) is 1.23. The molecule has 0 aliphatic heterocycles. The van der Waals surface area contributed by atoms with Crippen molar-refractivity contribution in [2.45, 2.75) is 24.6 Å². The summed E-state index contributed by atoms with van der Waals surface area (Å²) in [5, 5.41) is 13.1. The van der Waals surface area contributed by atoms with Gasteiger partial charge in [0.1, 0.15) is 5.76 Å². The van der Waals surface area contributed by atoms with Gasteiger partial charge >= 0.3 is 0 Å². The summed E-state index contributed by atoms with van der Waals surface area (Å²) in [5.74, 6) is -0.552. The normalized spacial score (nSPS) is 12.7. The standard InChI is InChI=1S/C20H23NO7S/c1-12(22)21-14(20(24)25)11-29-19(17-5-4-8-28-17)10-15(23)13-6-7-16(26-2)18(9-13)27-3/h4-9,14,19H,10-11H2,1-3H3,(H,21,22)(H,24,25)/p-1/t14-,19+/m0/s1. The summed E-state index contributed by atoms with van der Waals surface area (Å²) in [7, 11) is 2.99. The van der Waals surface area contributed by atoms with Crippen LogP contribution in [0, 0.1) is 0 Å². The Bertz CT molecular complexity index is 851. The van der Waals surface area contributed by atoms with Gasteiger partial charge < -0.3 is 29.1 Å². The second-order valence-corrected chi connectivity index (χ2v) is 7.34. The number of hydrogen-bond acceptors (Lipinski definition) is 8. The molecule has 1 N–H and O–H groups in total. The smallest absolute Gasteiger partial charge is 0.217 e. The number of nitrogens with one attached hydrogen (secondary N) is 1. The van der Waals surface area contributed by atoms with Gasteiger partial charge in [0.05, 0.1) is 37.7 Å². The molecule has 0 aliphatic rings.